The Morgan fingerprint density at radius 1 is 0.964 bits per heavy atom. The maximum absolute atomic E-state index is 12.4. The molecule has 28 heavy (non-hydrogen) atoms. The van der Waals surface area contributed by atoms with Crippen molar-refractivity contribution in [1.29, 1.82) is 0 Å². The SMILES string of the molecule is NC(=O)C1(Sc2ccc(Oc3ccc(Cl)cc3)cc2)CCC2(CCNCC2)C1. The van der Waals surface area contributed by atoms with Crippen LogP contribution in [0, 0.1) is 5.41 Å². The summed E-state index contributed by atoms with van der Waals surface area (Å²) in [7, 11) is 0. The molecule has 148 valence electrons. The summed E-state index contributed by atoms with van der Waals surface area (Å²) in [5.41, 5.74) is 6.17. The number of rotatable bonds is 5. The number of hydrogen-bond acceptors (Lipinski definition) is 4. The maximum Gasteiger partial charge on any atom is 0.234 e. The first-order valence-electron chi connectivity index (χ1n) is 9.72. The molecule has 1 spiro atoms. The molecule has 2 aliphatic rings. The van der Waals surface area contributed by atoms with Crippen molar-refractivity contribution in [2.75, 3.05) is 13.1 Å². The summed E-state index contributed by atoms with van der Waals surface area (Å²) in [6, 6.07) is 15.2. The van der Waals surface area contributed by atoms with Crippen LogP contribution in [-0.2, 0) is 4.79 Å². The van der Waals surface area contributed by atoms with Crippen LogP contribution in [0.25, 0.3) is 0 Å². The molecule has 0 bridgehead atoms. The quantitative estimate of drug-likeness (QED) is 0.719. The van der Waals surface area contributed by atoms with Gasteiger partial charge in [0, 0.05) is 9.92 Å². The van der Waals surface area contributed by atoms with Gasteiger partial charge in [0.25, 0.3) is 0 Å². The molecule has 1 aliphatic heterocycles. The number of hydrogen-bond donors (Lipinski definition) is 2. The molecular formula is C22H25ClN2O2S. The van der Waals surface area contributed by atoms with E-state index >= 15 is 0 Å². The van der Waals surface area contributed by atoms with E-state index < -0.39 is 4.75 Å². The molecule has 1 aliphatic carbocycles. The Kier molecular flexibility index (Phi) is 5.59. The Hall–Kier alpha value is -1.69. The number of halogens is 1. The van der Waals surface area contributed by atoms with Crippen LogP contribution >= 0.6 is 23.4 Å². The van der Waals surface area contributed by atoms with E-state index in [0.717, 1.165) is 61.6 Å². The predicted octanol–water partition coefficient (Wildman–Crippen LogP) is 5.00. The minimum atomic E-state index is -0.504. The van der Waals surface area contributed by atoms with Crippen molar-refractivity contribution in [1.82, 2.24) is 5.32 Å². The average Bonchev–Trinajstić information content (AvgIpc) is 3.05. The predicted molar refractivity (Wildman–Crippen MR) is 114 cm³/mol. The van der Waals surface area contributed by atoms with E-state index in [9.17, 15) is 4.79 Å². The number of primary amides is 1. The van der Waals surface area contributed by atoms with Crippen molar-refractivity contribution in [2.24, 2.45) is 11.1 Å². The summed E-state index contributed by atoms with van der Waals surface area (Å²) in [5.74, 6) is 1.30. The van der Waals surface area contributed by atoms with Crippen molar-refractivity contribution >= 4 is 29.3 Å². The first-order valence-corrected chi connectivity index (χ1v) is 10.9. The van der Waals surface area contributed by atoms with Crippen LogP contribution in [0.3, 0.4) is 0 Å². The maximum atomic E-state index is 12.4. The lowest BCUT2D eigenvalue weighted by atomic mass is 9.77. The van der Waals surface area contributed by atoms with E-state index in [1.807, 2.05) is 36.4 Å². The van der Waals surface area contributed by atoms with Gasteiger partial charge in [-0.25, -0.2) is 0 Å². The Bertz CT molecular complexity index is 835. The molecule has 2 fully saturated rings. The zero-order valence-electron chi connectivity index (χ0n) is 15.7. The summed E-state index contributed by atoms with van der Waals surface area (Å²) in [6.45, 7) is 2.08. The van der Waals surface area contributed by atoms with Crippen molar-refractivity contribution in [3.8, 4) is 11.5 Å². The highest BCUT2D eigenvalue weighted by Gasteiger charge is 2.52. The third kappa shape index (κ3) is 4.17. The van der Waals surface area contributed by atoms with E-state index in [1.54, 1.807) is 23.9 Å². The largest absolute Gasteiger partial charge is 0.457 e. The van der Waals surface area contributed by atoms with Crippen LogP contribution in [0.5, 0.6) is 11.5 Å². The Labute approximate surface area is 175 Å². The van der Waals surface area contributed by atoms with Gasteiger partial charge in [-0.3, -0.25) is 4.79 Å². The fourth-order valence-electron chi connectivity index (χ4n) is 4.42. The van der Waals surface area contributed by atoms with Gasteiger partial charge in [0.2, 0.25) is 5.91 Å². The normalized spacial score (nSPS) is 23.6. The fraction of sp³-hybridized carbons (Fsp3) is 0.409. The molecule has 1 amide bonds. The third-order valence-electron chi connectivity index (χ3n) is 6.02. The smallest absolute Gasteiger partial charge is 0.234 e. The number of thioether (sulfide) groups is 1. The van der Waals surface area contributed by atoms with Crippen LogP contribution in [0.2, 0.25) is 5.02 Å². The van der Waals surface area contributed by atoms with E-state index in [-0.39, 0.29) is 11.3 Å². The standard InChI is InChI=1S/C22H25ClN2O2S/c23-16-1-3-17(4-2-16)27-18-5-7-19(8-6-18)28-22(20(24)26)10-9-21(15-22)11-13-25-14-12-21/h1-8,25H,9-15H2,(H2,24,26). The molecular weight excluding hydrogens is 392 g/mol. The second-order valence-corrected chi connectivity index (χ2v) is 9.81. The number of ether oxygens (including phenoxy) is 1. The van der Waals surface area contributed by atoms with Crippen LogP contribution in [0.4, 0.5) is 0 Å². The lowest BCUT2D eigenvalue weighted by Gasteiger charge is -2.35. The van der Waals surface area contributed by atoms with Gasteiger partial charge in [-0.2, -0.15) is 0 Å². The van der Waals surface area contributed by atoms with Gasteiger partial charge in [0.05, 0.1) is 4.75 Å². The van der Waals surface area contributed by atoms with E-state index in [4.69, 9.17) is 22.1 Å². The van der Waals surface area contributed by atoms with Crippen molar-refractivity contribution in [3.63, 3.8) is 0 Å². The number of nitrogens with two attached hydrogens (primary N) is 1. The molecule has 1 atom stereocenters. The minimum Gasteiger partial charge on any atom is -0.457 e. The molecule has 1 unspecified atom stereocenters. The van der Waals surface area contributed by atoms with Gasteiger partial charge in [-0.1, -0.05) is 11.6 Å². The molecule has 4 rings (SSSR count). The molecule has 0 radical (unpaired) electrons. The van der Waals surface area contributed by atoms with Crippen molar-refractivity contribution < 1.29 is 9.53 Å². The molecule has 4 nitrogen and oxygen atoms in total. The fourth-order valence-corrected chi connectivity index (χ4v) is 5.95. The van der Waals surface area contributed by atoms with E-state index in [2.05, 4.69) is 5.32 Å². The number of amides is 1. The Balaban J connectivity index is 1.46. The second-order valence-electron chi connectivity index (χ2n) is 7.91. The third-order valence-corrected chi connectivity index (χ3v) is 7.72. The topological polar surface area (TPSA) is 64.4 Å². The van der Waals surface area contributed by atoms with Crippen LogP contribution < -0.4 is 15.8 Å². The van der Waals surface area contributed by atoms with Crippen molar-refractivity contribution in [3.05, 3.63) is 53.6 Å². The minimum absolute atomic E-state index is 0.186. The average molecular weight is 417 g/mol. The number of carbonyl (C=O) groups excluding carboxylic acids is 1. The van der Waals surface area contributed by atoms with Crippen LogP contribution in [-0.4, -0.2) is 23.7 Å². The molecule has 6 heteroatoms. The zero-order valence-corrected chi connectivity index (χ0v) is 17.3. The van der Waals surface area contributed by atoms with Gasteiger partial charge < -0.3 is 15.8 Å². The number of carbonyl (C=O) groups is 1. The first-order chi connectivity index (χ1) is 13.5. The van der Waals surface area contributed by atoms with Crippen molar-refractivity contribution in [2.45, 2.75) is 41.7 Å². The second kappa shape index (κ2) is 7.97. The summed E-state index contributed by atoms with van der Waals surface area (Å²) in [5, 5.41) is 4.11. The number of piperidine rings is 1. The summed E-state index contributed by atoms with van der Waals surface area (Å²) >= 11 is 7.53. The van der Waals surface area contributed by atoms with Crippen LogP contribution in [0.1, 0.15) is 32.1 Å². The molecule has 1 saturated heterocycles. The highest BCUT2D eigenvalue weighted by molar-refractivity contribution is 8.01. The van der Waals surface area contributed by atoms with E-state index in [0.29, 0.717) is 5.02 Å². The number of nitrogens with one attached hydrogen (secondary N) is 1. The highest BCUT2D eigenvalue weighted by atomic mass is 35.5. The Morgan fingerprint density at radius 3 is 2.18 bits per heavy atom. The molecule has 2 aromatic carbocycles. The summed E-state index contributed by atoms with van der Waals surface area (Å²) in [4.78, 5) is 13.5. The summed E-state index contributed by atoms with van der Waals surface area (Å²) < 4.78 is 5.35. The lowest BCUT2D eigenvalue weighted by molar-refractivity contribution is -0.120. The zero-order chi connectivity index (χ0) is 19.6. The molecule has 1 saturated carbocycles. The van der Waals surface area contributed by atoms with Gasteiger partial charge in [-0.15, -0.1) is 11.8 Å². The van der Waals surface area contributed by atoms with Crippen LogP contribution in [0.15, 0.2) is 53.4 Å². The Morgan fingerprint density at radius 2 is 1.57 bits per heavy atom. The van der Waals surface area contributed by atoms with Gasteiger partial charge in [-0.05, 0) is 99.1 Å². The van der Waals surface area contributed by atoms with Gasteiger partial charge >= 0.3 is 0 Å². The molecule has 0 aromatic heterocycles. The van der Waals surface area contributed by atoms with E-state index in [1.165, 1.54) is 0 Å². The number of benzene rings is 2. The monoisotopic (exact) mass is 416 g/mol. The highest BCUT2D eigenvalue weighted by Crippen LogP contribution is 2.56. The molecule has 1 heterocycles. The molecule has 3 N–H and O–H groups in total. The van der Waals surface area contributed by atoms with Gasteiger partial charge in [0.1, 0.15) is 11.5 Å². The lowest BCUT2D eigenvalue weighted by Crippen LogP contribution is -2.42. The summed E-state index contributed by atoms with van der Waals surface area (Å²) in [6.07, 6.45) is 5.09. The van der Waals surface area contributed by atoms with Gasteiger partial charge in [0.15, 0.2) is 0 Å². The molecule has 2 aromatic rings. The first kappa shape index (κ1) is 19.6.